The summed E-state index contributed by atoms with van der Waals surface area (Å²) in [7, 11) is 0. The number of aromatic nitrogens is 3. The van der Waals surface area contributed by atoms with Gasteiger partial charge in [-0.3, -0.25) is 14.9 Å². The molecule has 0 unspecified atom stereocenters. The normalized spacial score (nSPS) is 8.67. The maximum Gasteiger partial charge on any atom is 0.268 e. The zero-order valence-electron chi connectivity index (χ0n) is 6.27. The molecule has 3 N–H and O–H groups in total. The molecule has 0 fully saturated rings. The molecular formula is C7H8N4O. The molecule has 0 atom stereocenters. The van der Waals surface area contributed by atoms with Crippen LogP contribution in [0.2, 0.25) is 0 Å². The van der Waals surface area contributed by atoms with Crippen LogP contribution >= 0.6 is 0 Å². The third-order valence-electron chi connectivity index (χ3n) is 1.10. The van der Waals surface area contributed by atoms with Crippen LogP contribution in [0.5, 0.6) is 0 Å². The van der Waals surface area contributed by atoms with E-state index in [9.17, 15) is 4.79 Å². The van der Waals surface area contributed by atoms with E-state index in [0.29, 0.717) is 0 Å². The lowest BCUT2D eigenvalue weighted by molar-refractivity contribution is 0.0994. The van der Waals surface area contributed by atoms with Crippen LogP contribution in [0.15, 0.2) is 30.7 Å². The molecule has 0 aromatic carbocycles. The fourth-order valence-corrected chi connectivity index (χ4v) is 0.564. The van der Waals surface area contributed by atoms with Crippen molar-refractivity contribution in [1.82, 2.24) is 15.2 Å². The molecule has 1 heterocycles. The summed E-state index contributed by atoms with van der Waals surface area (Å²) in [6, 6.07) is 3.36. The van der Waals surface area contributed by atoms with E-state index in [1.165, 1.54) is 18.6 Å². The van der Waals surface area contributed by atoms with Crippen molar-refractivity contribution in [3.05, 3.63) is 36.4 Å². The highest BCUT2D eigenvalue weighted by atomic mass is 16.1. The molecule has 0 aliphatic heterocycles. The van der Waals surface area contributed by atoms with E-state index in [-0.39, 0.29) is 5.69 Å². The average Bonchev–Trinajstić information content (AvgIpc) is 2.15. The molecule has 1 amide bonds. The fraction of sp³-hybridized carbons (Fsp3) is 0. The van der Waals surface area contributed by atoms with E-state index in [2.05, 4.69) is 15.2 Å². The molecule has 1 aromatic rings. The van der Waals surface area contributed by atoms with Crippen LogP contribution in [-0.4, -0.2) is 21.1 Å². The van der Waals surface area contributed by atoms with Crippen LogP contribution in [0.25, 0.3) is 0 Å². The minimum absolute atomic E-state index is 0.159. The number of H-pyrrole nitrogens is 1. The van der Waals surface area contributed by atoms with Crippen LogP contribution in [-0.2, 0) is 0 Å². The number of amides is 1. The monoisotopic (exact) mass is 164 g/mol. The Labute approximate surface area is 69.0 Å². The predicted octanol–water partition coefficient (Wildman–Crippen LogP) is 0.0280. The molecule has 5 heteroatoms. The summed E-state index contributed by atoms with van der Waals surface area (Å²) < 4.78 is 0. The van der Waals surface area contributed by atoms with Crippen molar-refractivity contribution < 1.29 is 4.79 Å². The van der Waals surface area contributed by atoms with Gasteiger partial charge in [0, 0.05) is 12.4 Å². The topological polar surface area (TPSA) is 84.7 Å². The largest absolute Gasteiger partial charge is 0.364 e. The summed E-state index contributed by atoms with van der Waals surface area (Å²) in [5.41, 5.74) is 5.16. The molecule has 0 aliphatic rings. The van der Waals surface area contributed by atoms with Crippen molar-refractivity contribution in [2.24, 2.45) is 5.73 Å². The van der Waals surface area contributed by atoms with Crippen LogP contribution in [0, 0.1) is 0 Å². The van der Waals surface area contributed by atoms with E-state index in [1.807, 2.05) is 0 Å². The molecule has 5 nitrogen and oxygen atoms in total. The highest BCUT2D eigenvalue weighted by molar-refractivity contribution is 5.90. The maximum absolute atomic E-state index is 10.7. The number of carbonyl (C=O) groups is 1. The number of primary amides is 1. The highest BCUT2D eigenvalue weighted by Crippen LogP contribution is 1.82. The number of nitrogens with zero attached hydrogens (tertiary/aromatic N) is 2. The first-order valence-corrected chi connectivity index (χ1v) is 3.28. The fourth-order valence-electron chi connectivity index (χ4n) is 0.564. The second kappa shape index (κ2) is 4.07. The molecule has 62 valence electrons. The molecule has 0 saturated heterocycles. The lowest BCUT2D eigenvalue weighted by Crippen LogP contribution is -2.12. The Hall–Kier alpha value is -1.91. The second-order valence-corrected chi connectivity index (χ2v) is 1.98. The SMILES string of the molecule is NC(=O)c1cnccccn[nH]1. The van der Waals surface area contributed by atoms with Crippen LogP contribution in [0.3, 0.4) is 0 Å². The van der Waals surface area contributed by atoms with Crippen LogP contribution in [0.4, 0.5) is 0 Å². The van der Waals surface area contributed by atoms with Gasteiger partial charge in [0.15, 0.2) is 0 Å². The van der Waals surface area contributed by atoms with E-state index >= 15 is 0 Å². The maximum atomic E-state index is 10.7. The number of hydrogen-bond donors (Lipinski definition) is 2. The van der Waals surface area contributed by atoms with Crippen molar-refractivity contribution in [2.75, 3.05) is 0 Å². The highest BCUT2D eigenvalue weighted by Gasteiger charge is 1.95. The van der Waals surface area contributed by atoms with Gasteiger partial charge in [-0.2, -0.15) is 5.10 Å². The Morgan fingerprint density at radius 1 is 1.42 bits per heavy atom. The van der Waals surface area contributed by atoms with E-state index in [1.54, 1.807) is 12.1 Å². The molecule has 1 rings (SSSR count). The number of rotatable bonds is 1. The van der Waals surface area contributed by atoms with Gasteiger partial charge in [-0.15, -0.1) is 0 Å². The lowest BCUT2D eigenvalue weighted by atomic mass is 10.5. The Morgan fingerprint density at radius 2 is 2.17 bits per heavy atom. The molecule has 0 radical (unpaired) electrons. The van der Waals surface area contributed by atoms with Gasteiger partial charge >= 0.3 is 0 Å². The van der Waals surface area contributed by atoms with Crippen LogP contribution in [0.1, 0.15) is 10.5 Å². The first kappa shape index (κ1) is 8.19. The van der Waals surface area contributed by atoms with Gasteiger partial charge in [-0.05, 0) is 12.1 Å². The molecule has 0 saturated carbocycles. The molecule has 0 spiro atoms. The van der Waals surface area contributed by atoms with Gasteiger partial charge in [0.25, 0.3) is 5.91 Å². The van der Waals surface area contributed by atoms with Crippen LogP contribution < -0.4 is 5.73 Å². The molecule has 1 aromatic heterocycles. The number of nitrogens with one attached hydrogen (secondary N) is 1. The Balaban J connectivity index is 3.19. The summed E-state index contributed by atoms with van der Waals surface area (Å²) in [6.45, 7) is 0. The molecule has 12 heavy (non-hydrogen) atoms. The second-order valence-electron chi connectivity index (χ2n) is 1.98. The Kier molecular flexibility index (Phi) is 2.78. The zero-order valence-corrected chi connectivity index (χ0v) is 6.27. The minimum Gasteiger partial charge on any atom is -0.364 e. The smallest absolute Gasteiger partial charge is 0.268 e. The van der Waals surface area contributed by atoms with Gasteiger partial charge in [0.05, 0.1) is 6.20 Å². The average molecular weight is 164 g/mol. The van der Waals surface area contributed by atoms with Gasteiger partial charge in [0.1, 0.15) is 5.69 Å². The summed E-state index contributed by atoms with van der Waals surface area (Å²) in [5, 5.41) is 6.13. The summed E-state index contributed by atoms with van der Waals surface area (Å²) in [6.07, 6.45) is 4.34. The van der Waals surface area contributed by atoms with E-state index < -0.39 is 5.91 Å². The van der Waals surface area contributed by atoms with Crippen molar-refractivity contribution >= 4 is 5.91 Å². The number of nitrogens with two attached hydrogens (primary N) is 1. The van der Waals surface area contributed by atoms with Gasteiger partial charge < -0.3 is 5.73 Å². The van der Waals surface area contributed by atoms with Gasteiger partial charge in [-0.1, -0.05) is 0 Å². The number of aromatic amines is 1. The quantitative estimate of drug-likeness (QED) is 0.614. The van der Waals surface area contributed by atoms with Gasteiger partial charge in [0.2, 0.25) is 0 Å². The van der Waals surface area contributed by atoms with E-state index in [0.717, 1.165) is 0 Å². The molecular weight excluding hydrogens is 156 g/mol. The summed E-state index contributed by atoms with van der Waals surface area (Å²) in [4.78, 5) is 14.4. The zero-order chi connectivity index (χ0) is 8.81. The first-order chi connectivity index (χ1) is 5.80. The minimum atomic E-state index is -0.591. The van der Waals surface area contributed by atoms with Crippen molar-refractivity contribution in [3.63, 3.8) is 0 Å². The summed E-state index contributed by atoms with van der Waals surface area (Å²) in [5.74, 6) is -0.591. The first-order valence-electron chi connectivity index (χ1n) is 3.28. The van der Waals surface area contributed by atoms with Crippen molar-refractivity contribution in [3.8, 4) is 0 Å². The third-order valence-corrected chi connectivity index (χ3v) is 1.10. The predicted molar refractivity (Wildman–Crippen MR) is 42.5 cm³/mol. The van der Waals surface area contributed by atoms with Crippen molar-refractivity contribution in [1.29, 1.82) is 0 Å². The number of carbonyl (C=O) groups excluding carboxylic acids is 1. The molecule has 0 aliphatic carbocycles. The van der Waals surface area contributed by atoms with Gasteiger partial charge in [-0.25, -0.2) is 0 Å². The number of hydrogen-bond acceptors (Lipinski definition) is 3. The standard InChI is InChI=1S/C7H8N4O/c8-7(12)6-5-9-3-1-2-4-10-11-6/h1-5,11H,(H2,8,12). The van der Waals surface area contributed by atoms with E-state index in [4.69, 9.17) is 5.73 Å². The Morgan fingerprint density at radius 3 is 2.92 bits per heavy atom. The summed E-state index contributed by atoms with van der Waals surface area (Å²) >= 11 is 0. The molecule has 0 bridgehead atoms. The lowest BCUT2D eigenvalue weighted by Gasteiger charge is -1.86. The van der Waals surface area contributed by atoms with Crippen molar-refractivity contribution in [2.45, 2.75) is 0 Å². The third kappa shape index (κ3) is 2.37. The Bertz CT molecular complexity index is 295.